The minimum Gasteiger partial charge on any atom is -0.395 e. The molecule has 17 heavy (non-hydrogen) atoms. The van der Waals surface area contributed by atoms with E-state index in [1.165, 1.54) is 0 Å². The number of hydrogen-bond acceptors (Lipinski definition) is 6. The Morgan fingerprint density at radius 2 is 2.29 bits per heavy atom. The molecule has 0 saturated heterocycles. The van der Waals surface area contributed by atoms with Crippen LogP contribution < -0.4 is 5.73 Å². The molecule has 0 fully saturated rings. The van der Waals surface area contributed by atoms with Crippen molar-refractivity contribution in [3.05, 3.63) is 17.3 Å². The van der Waals surface area contributed by atoms with Crippen LogP contribution in [0, 0.1) is 0 Å². The molecule has 3 N–H and O–H groups in total. The number of aromatic nitrogens is 2. The van der Waals surface area contributed by atoms with Gasteiger partial charge < -0.3 is 10.8 Å². The van der Waals surface area contributed by atoms with Gasteiger partial charge in [0.25, 0.3) is 0 Å². The molecular weight excluding hydrogens is 236 g/mol. The topological polar surface area (TPSA) is 75.3 Å². The van der Waals surface area contributed by atoms with E-state index in [9.17, 15) is 0 Å². The summed E-state index contributed by atoms with van der Waals surface area (Å²) < 4.78 is 0. The van der Waals surface area contributed by atoms with Gasteiger partial charge in [0.2, 0.25) is 0 Å². The standard InChI is InChI=1S/C11H16N4OS/c1-2-15(4-5-16)7-9-13-10(12)8-3-6-17-11(8)14-9/h3,6,16H,2,4-5,7H2,1H3,(H2,12,13,14). The van der Waals surface area contributed by atoms with E-state index in [1.54, 1.807) is 11.3 Å². The molecule has 2 heterocycles. The molecule has 2 rings (SSSR count). The fourth-order valence-electron chi connectivity index (χ4n) is 1.69. The SMILES string of the molecule is CCN(CCO)Cc1nc(N)c2ccsc2n1. The molecule has 2 aromatic rings. The minimum absolute atomic E-state index is 0.143. The van der Waals surface area contributed by atoms with E-state index in [4.69, 9.17) is 10.8 Å². The smallest absolute Gasteiger partial charge is 0.146 e. The molecule has 5 nitrogen and oxygen atoms in total. The highest BCUT2D eigenvalue weighted by Crippen LogP contribution is 2.23. The molecule has 0 aliphatic rings. The zero-order valence-electron chi connectivity index (χ0n) is 9.76. The summed E-state index contributed by atoms with van der Waals surface area (Å²) in [5.74, 6) is 1.25. The Hall–Kier alpha value is -1.24. The summed E-state index contributed by atoms with van der Waals surface area (Å²) in [6, 6.07) is 1.93. The van der Waals surface area contributed by atoms with Crippen LogP contribution in [0.1, 0.15) is 12.7 Å². The van der Waals surface area contributed by atoms with Gasteiger partial charge in [-0.15, -0.1) is 11.3 Å². The van der Waals surface area contributed by atoms with Crippen molar-refractivity contribution in [1.82, 2.24) is 14.9 Å². The summed E-state index contributed by atoms with van der Waals surface area (Å²) in [6.45, 7) is 4.29. The maximum absolute atomic E-state index is 8.93. The van der Waals surface area contributed by atoms with Crippen LogP contribution in [0.3, 0.4) is 0 Å². The maximum Gasteiger partial charge on any atom is 0.146 e. The van der Waals surface area contributed by atoms with Gasteiger partial charge in [-0.25, -0.2) is 9.97 Å². The number of hydrogen-bond donors (Lipinski definition) is 2. The number of rotatable bonds is 5. The average molecular weight is 252 g/mol. The van der Waals surface area contributed by atoms with Crippen molar-refractivity contribution in [1.29, 1.82) is 0 Å². The lowest BCUT2D eigenvalue weighted by atomic mass is 10.3. The monoisotopic (exact) mass is 252 g/mol. The zero-order chi connectivity index (χ0) is 12.3. The molecule has 0 aliphatic heterocycles. The normalized spacial score (nSPS) is 11.5. The first kappa shape index (κ1) is 12.2. The van der Waals surface area contributed by atoms with Crippen LogP contribution in [0.2, 0.25) is 0 Å². The third-order valence-electron chi connectivity index (χ3n) is 2.63. The van der Waals surface area contributed by atoms with Crippen molar-refractivity contribution in [2.75, 3.05) is 25.4 Å². The number of aliphatic hydroxyl groups is 1. The first-order valence-corrected chi connectivity index (χ1v) is 6.45. The van der Waals surface area contributed by atoms with Crippen LogP contribution in [0.15, 0.2) is 11.4 Å². The molecule has 0 atom stereocenters. The van der Waals surface area contributed by atoms with Crippen molar-refractivity contribution >= 4 is 27.4 Å². The van der Waals surface area contributed by atoms with Crippen LogP contribution in [-0.2, 0) is 6.54 Å². The summed E-state index contributed by atoms with van der Waals surface area (Å²) in [4.78, 5) is 11.8. The van der Waals surface area contributed by atoms with Crippen LogP contribution in [0.4, 0.5) is 5.82 Å². The van der Waals surface area contributed by atoms with Crippen molar-refractivity contribution in [2.45, 2.75) is 13.5 Å². The van der Waals surface area contributed by atoms with E-state index in [1.807, 2.05) is 18.4 Å². The number of nitrogens with two attached hydrogens (primary N) is 1. The fraction of sp³-hybridized carbons (Fsp3) is 0.455. The second kappa shape index (κ2) is 5.39. The van der Waals surface area contributed by atoms with Gasteiger partial charge in [0.1, 0.15) is 16.5 Å². The van der Waals surface area contributed by atoms with Gasteiger partial charge in [-0.1, -0.05) is 6.92 Å². The van der Waals surface area contributed by atoms with E-state index < -0.39 is 0 Å². The third kappa shape index (κ3) is 2.71. The highest BCUT2D eigenvalue weighted by Gasteiger charge is 2.09. The summed E-state index contributed by atoms with van der Waals surface area (Å²) >= 11 is 1.56. The molecule has 92 valence electrons. The molecule has 0 radical (unpaired) electrons. The Morgan fingerprint density at radius 3 is 3.00 bits per heavy atom. The van der Waals surface area contributed by atoms with Crippen LogP contribution >= 0.6 is 11.3 Å². The van der Waals surface area contributed by atoms with Gasteiger partial charge in [0.15, 0.2) is 0 Å². The molecular formula is C11H16N4OS. The molecule has 0 spiro atoms. The Balaban J connectivity index is 2.23. The summed E-state index contributed by atoms with van der Waals surface area (Å²) in [6.07, 6.45) is 0. The molecule has 2 aromatic heterocycles. The Labute approximate surface area is 104 Å². The summed E-state index contributed by atoms with van der Waals surface area (Å²) in [7, 11) is 0. The molecule has 0 unspecified atom stereocenters. The van der Waals surface area contributed by atoms with E-state index in [2.05, 4.69) is 14.9 Å². The van der Waals surface area contributed by atoms with Gasteiger partial charge in [0.05, 0.1) is 18.5 Å². The second-order valence-corrected chi connectivity index (χ2v) is 4.65. The predicted molar refractivity (Wildman–Crippen MR) is 69.9 cm³/mol. The van der Waals surface area contributed by atoms with Crippen molar-refractivity contribution < 1.29 is 5.11 Å². The zero-order valence-corrected chi connectivity index (χ0v) is 10.6. The summed E-state index contributed by atoms with van der Waals surface area (Å²) in [5.41, 5.74) is 5.88. The quantitative estimate of drug-likeness (QED) is 0.833. The second-order valence-electron chi connectivity index (χ2n) is 3.76. The number of anilines is 1. The van der Waals surface area contributed by atoms with E-state index in [0.717, 1.165) is 16.8 Å². The fourth-order valence-corrected chi connectivity index (χ4v) is 2.48. The average Bonchev–Trinajstić information content (AvgIpc) is 2.77. The minimum atomic E-state index is 0.143. The van der Waals surface area contributed by atoms with Crippen molar-refractivity contribution in [2.24, 2.45) is 0 Å². The number of nitrogen functional groups attached to an aromatic ring is 1. The number of thiophene rings is 1. The Morgan fingerprint density at radius 1 is 1.47 bits per heavy atom. The first-order chi connectivity index (χ1) is 8.24. The summed E-state index contributed by atoms with van der Waals surface area (Å²) in [5, 5.41) is 11.8. The maximum atomic E-state index is 8.93. The van der Waals surface area contributed by atoms with Gasteiger partial charge in [-0.3, -0.25) is 4.90 Å². The Bertz CT molecular complexity index is 499. The largest absolute Gasteiger partial charge is 0.395 e. The lowest BCUT2D eigenvalue weighted by molar-refractivity contribution is 0.194. The predicted octanol–water partition coefficient (Wildman–Crippen LogP) is 1.09. The molecule has 0 aliphatic carbocycles. The van der Waals surface area contributed by atoms with Gasteiger partial charge in [0, 0.05) is 6.54 Å². The highest BCUT2D eigenvalue weighted by molar-refractivity contribution is 7.16. The Kier molecular flexibility index (Phi) is 3.88. The molecule has 0 aromatic carbocycles. The lowest BCUT2D eigenvalue weighted by Gasteiger charge is -2.17. The highest BCUT2D eigenvalue weighted by atomic mass is 32.1. The molecule has 0 amide bonds. The molecule has 6 heteroatoms. The van der Waals surface area contributed by atoms with Gasteiger partial charge >= 0.3 is 0 Å². The van der Waals surface area contributed by atoms with Crippen LogP contribution in [-0.4, -0.2) is 39.7 Å². The molecule has 0 bridgehead atoms. The van der Waals surface area contributed by atoms with Gasteiger partial charge in [-0.05, 0) is 18.0 Å². The number of fused-ring (bicyclic) bond motifs is 1. The first-order valence-electron chi connectivity index (χ1n) is 5.57. The third-order valence-corrected chi connectivity index (χ3v) is 3.44. The van der Waals surface area contributed by atoms with E-state index in [0.29, 0.717) is 24.7 Å². The molecule has 0 saturated carbocycles. The van der Waals surface area contributed by atoms with Gasteiger partial charge in [-0.2, -0.15) is 0 Å². The number of aliphatic hydroxyl groups excluding tert-OH is 1. The number of nitrogens with zero attached hydrogens (tertiary/aromatic N) is 3. The van der Waals surface area contributed by atoms with Crippen LogP contribution in [0.25, 0.3) is 10.2 Å². The van der Waals surface area contributed by atoms with Crippen molar-refractivity contribution in [3.8, 4) is 0 Å². The van der Waals surface area contributed by atoms with Crippen LogP contribution in [0.5, 0.6) is 0 Å². The van der Waals surface area contributed by atoms with E-state index in [-0.39, 0.29) is 6.61 Å². The van der Waals surface area contributed by atoms with Crippen molar-refractivity contribution in [3.63, 3.8) is 0 Å². The number of likely N-dealkylation sites (N-methyl/N-ethyl adjacent to an activating group) is 1. The lowest BCUT2D eigenvalue weighted by Crippen LogP contribution is -2.27. The van der Waals surface area contributed by atoms with E-state index >= 15 is 0 Å².